The summed E-state index contributed by atoms with van der Waals surface area (Å²) < 4.78 is 135. The van der Waals surface area contributed by atoms with E-state index < -0.39 is 52.4 Å². The predicted molar refractivity (Wildman–Crippen MR) is 236 cm³/mol. The fourth-order valence-corrected chi connectivity index (χ4v) is 10.7. The molecule has 65 heavy (non-hydrogen) atoms. The summed E-state index contributed by atoms with van der Waals surface area (Å²) >= 11 is 0. The number of aliphatic imine (C=N–C) groups is 2. The van der Waals surface area contributed by atoms with E-state index in [0.717, 1.165) is 5.71 Å². The van der Waals surface area contributed by atoms with Gasteiger partial charge in [-0.05, 0) is 120 Å². The van der Waals surface area contributed by atoms with Crippen molar-refractivity contribution < 1.29 is 69.0 Å². The van der Waals surface area contributed by atoms with E-state index in [0.29, 0.717) is 112 Å². The van der Waals surface area contributed by atoms with E-state index in [1.165, 1.54) is 48.5 Å². The molecule has 9 rings (SSSR count). The Balaban J connectivity index is 0.00000576. The van der Waals surface area contributed by atoms with Crippen molar-refractivity contribution in [2.24, 2.45) is 9.98 Å². The third-order valence-electron chi connectivity index (χ3n) is 11.7. The predicted octanol–water partition coefficient (Wildman–Crippen LogP) is 7.36. The monoisotopic (exact) mass is 1000 g/mol. The summed E-state index contributed by atoms with van der Waals surface area (Å²) in [5.74, 6) is -0.494. The molecule has 5 heterocycles. The minimum absolute atomic E-state index is 0. The van der Waals surface area contributed by atoms with Crippen LogP contribution >= 0.6 is 0 Å². The summed E-state index contributed by atoms with van der Waals surface area (Å²) in [6.07, 6.45) is 2.61. The van der Waals surface area contributed by atoms with Crippen LogP contribution in [0.1, 0.15) is 78.1 Å². The molecule has 4 aliphatic heterocycles. The van der Waals surface area contributed by atoms with E-state index in [2.05, 4.69) is 0 Å². The van der Waals surface area contributed by atoms with E-state index >= 15 is 0 Å². The molecule has 0 amide bonds. The number of allylic oxidation sites excluding steroid dienone is 4. The third kappa shape index (κ3) is 9.26. The topological polar surface area (TPSA) is 270 Å². The summed E-state index contributed by atoms with van der Waals surface area (Å²) in [5, 5.41) is 5.32. The minimum Gasteiger partial charge on any atom is -0.684 e. The van der Waals surface area contributed by atoms with Gasteiger partial charge in [0.2, 0.25) is 0 Å². The number of rotatable bonds is 8. The van der Waals surface area contributed by atoms with Crippen molar-refractivity contribution >= 4 is 68.6 Å². The minimum atomic E-state index is -4.53. The van der Waals surface area contributed by atoms with Crippen molar-refractivity contribution in [1.29, 1.82) is 0 Å². The molecule has 8 bridgehead atoms. The molecule has 0 aliphatic carbocycles. The van der Waals surface area contributed by atoms with Crippen LogP contribution in [-0.2, 0) is 57.5 Å². The van der Waals surface area contributed by atoms with Crippen LogP contribution in [0, 0.1) is 0 Å². The molecular weight excluding hydrogens is 968 g/mol. The maximum absolute atomic E-state index is 12.1. The van der Waals surface area contributed by atoms with Crippen molar-refractivity contribution in [3.8, 4) is 0 Å². The molecule has 1 saturated heterocycles. The Hall–Kier alpha value is -5.32. The fraction of sp³-hybridized carbons (Fsp3) is 0.182. The molecule has 2 atom stereocenters. The maximum atomic E-state index is 12.1. The molecule has 4 N–H and O–H groups in total. The smallest absolute Gasteiger partial charge is 0.684 e. The van der Waals surface area contributed by atoms with Crippen LogP contribution in [-0.4, -0.2) is 69.3 Å². The first-order valence-corrected chi connectivity index (χ1v) is 25.5. The van der Waals surface area contributed by atoms with Gasteiger partial charge >= 0.3 is 17.1 Å². The Kier molecular flexibility index (Phi) is 12.2. The molecule has 0 saturated carbocycles. The maximum Gasteiger partial charge on any atom is 2.00 e. The van der Waals surface area contributed by atoms with Crippen LogP contribution in [0.3, 0.4) is 0 Å². The summed E-state index contributed by atoms with van der Waals surface area (Å²) in [7, 11) is -18.1. The number of hydrogen-bond donors (Lipinski definition) is 4. The molecule has 1 fully saturated rings. The van der Waals surface area contributed by atoms with Crippen LogP contribution in [0.25, 0.3) is 22.0 Å². The van der Waals surface area contributed by atoms with Gasteiger partial charge in [-0.3, -0.25) is 28.2 Å². The van der Waals surface area contributed by atoms with Crippen LogP contribution in [0.5, 0.6) is 0 Å². The average molecular weight is 1000 g/mol. The first-order valence-electron chi connectivity index (χ1n) is 19.7. The zero-order valence-corrected chi connectivity index (χ0v) is 37.8. The van der Waals surface area contributed by atoms with Crippen LogP contribution in [0.2, 0.25) is 0 Å². The van der Waals surface area contributed by atoms with Crippen molar-refractivity contribution in [1.82, 2.24) is 4.98 Å². The largest absolute Gasteiger partial charge is 2.00 e. The molecule has 21 heteroatoms. The van der Waals surface area contributed by atoms with Gasteiger partial charge in [0.1, 0.15) is 0 Å². The number of aromatic nitrogens is 1. The Bertz CT molecular complexity index is 3380. The van der Waals surface area contributed by atoms with E-state index in [9.17, 15) is 51.9 Å². The van der Waals surface area contributed by atoms with Gasteiger partial charge in [-0.25, -0.2) is 0 Å². The van der Waals surface area contributed by atoms with Gasteiger partial charge < -0.3 is 10.3 Å². The van der Waals surface area contributed by atoms with Crippen molar-refractivity contribution in [2.75, 3.05) is 0 Å². The standard InChI is InChI=1S/C44H36N4O12S4.Cu/c49-61(50,51)29-9-1-25(2-10-29)41-33-17-19-35(45-33)42(26-3-11-30(12-4-26)62(52,53)54)37-21-23-39(47-37)44(28-7-15-32(16-8-28)64(58,59)60)40-24-22-38(48-40)43(36-20-18-34(41)46-36)27-5-13-31(14-6-27)63(55,56)57;/h1-17,19,38,43H,18,20-24H2,(H,49,50,51)(H,52,53,54)(H,55,56,57)(H,58,59,60);/q-2;+2/b41-34-,42-37-,44-40-;. The van der Waals surface area contributed by atoms with Gasteiger partial charge in [0.15, 0.2) is 0 Å². The van der Waals surface area contributed by atoms with E-state index in [4.69, 9.17) is 20.3 Å². The van der Waals surface area contributed by atoms with Gasteiger partial charge in [-0.15, -0.1) is 17.4 Å². The Morgan fingerprint density at radius 2 is 0.862 bits per heavy atom. The Morgan fingerprint density at radius 3 is 1.31 bits per heavy atom. The Labute approximate surface area is 385 Å². The van der Waals surface area contributed by atoms with Crippen molar-refractivity contribution in [3.05, 3.63) is 165 Å². The van der Waals surface area contributed by atoms with Gasteiger partial charge in [0, 0.05) is 28.7 Å². The molecule has 0 spiro atoms. The third-order valence-corrected chi connectivity index (χ3v) is 15.1. The quantitative estimate of drug-likeness (QED) is 0.0875. The molecule has 4 aromatic carbocycles. The van der Waals surface area contributed by atoms with Gasteiger partial charge in [0.05, 0.1) is 19.6 Å². The van der Waals surface area contributed by atoms with Gasteiger partial charge in [-0.2, -0.15) is 39.4 Å². The van der Waals surface area contributed by atoms with Gasteiger partial charge in [-0.1, -0.05) is 67.1 Å². The van der Waals surface area contributed by atoms with Gasteiger partial charge in [0.25, 0.3) is 40.5 Å². The molecule has 1 radical (unpaired) electrons. The van der Waals surface area contributed by atoms with Crippen molar-refractivity contribution in [3.63, 3.8) is 0 Å². The normalized spacial score (nSPS) is 22.5. The first-order chi connectivity index (χ1) is 30.2. The summed E-state index contributed by atoms with van der Waals surface area (Å²) in [5.41, 5.74) is 8.21. The second-order valence-corrected chi connectivity index (χ2v) is 21.3. The van der Waals surface area contributed by atoms with Crippen molar-refractivity contribution in [2.45, 2.75) is 70.1 Å². The van der Waals surface area contributed by atoms with E-state index in [-0.39, 0.29) is 36.7 Å². The zero-order valence-electron chi connectivity index (χ0n) is 33.6. The molecule has 16 nitrogen and oxygen atoms in total. The summed E-state index contributed by atoms with van der Waals surface area (Å²) in [6, 6.07) is 26.0. The van der Waals surface area contributed by atoms with Crippen LogP contribution < -0.4 is 4.98 Å². The molecule has 1 aromatic heterocycles. The zero-order chi connectivity index (χ0) is 45.3. The summed E-state index contributed by atoms with van der Waals surface area (Å²) in [4.78, 5) is 14.3. The number of nitrogens with zero attached hydrogens (tertiary/aromatic N) is 4. The van der Waals surface area contributed by atoms with Crippen LogP contribution in [0.15, 0.2) is 156 Å². The first kappa shape index (κ1) is 46.2. The number of fused-ring (bicyclic) bond motifs is 6. The molecule has 4 aliphatic rings. The van der Waals surface area contributed by atoms with Crippen LogP contribution in [0.4, 0.5) is 0 Å². The fourth-order valence-electron chi connectivity index (χ4n) is 8.79. The second kappa shape index (κ2) is 17.2. The number of hydrogen-bond acceptors (Lipinski definition) is 10. The SMILES string of the molecule is O=S(=O)(O)c1ccc(/C2=C3\CCC([N-]3)C(c3ccc(S(=O)(=O)O)cc3)C3=N/C(=C(/c4ccc(S(=O)(=O)O)cc4)c4ccc([n-]4)/C(c4ccc(S(=O)(=O)O)cc4)=C4/CCC2=N4)CC3)cc1.[Cu+2]. The average Bonchev–Trinajstić information content (AvgIpc) is 4.08. The summed E-state index contributed by atoms with van der Waals surface area (Å²) in [6.45, 7) is 0. The van der Waals surface area contributed by atoms with E-state index in [1.807, 2.05) is 0 Å². The molecule has 339 valence electrons. The molecular formula is C44H36CuN4O12S4. The molecule has 2 unspecified atom stereocenters. The second-order valence-electron chi connectivity index (χ2n) is 15.6. The number of benzene rings is 4. The van der Waals surface area contributed by atoms with E-state index in [1.54, 1.807) is 60.7 Å². The Morgan fingerprint density at radius 1 is 0.462 bits per heavy atom. The molecule has 5 aromatic rings.